The zero-order valence-electron chi connectivity index (χ0n) is 15.5. The molecule has 2 amide bonds. The number of carbonyl (C=O) groups excluding carboxylic acids is 2. The molecule has 0 unspecified atom stereocenters. The number of fused-ring (bicyclic) bond motifs is 1. The average Bonchev–Trinajstić information content (AvgIpc) is 2.67. The Hall–Kier alpha value is -2.60. The van der Waals surface area contributed by atoms with Crippen LogP contribution in [0.25, 0.3) is 6.08 Å². The third kappa shape index (κ3) is 4.06. The second-order valence-electron chi connectivity index (χ2n) is 6.46. The van der Waals surface area contributed by atoms with Gasteiger partial charge >= 0.3 is 0 Å². The van der Waals surface area contributed by atoms with Crippen molar-refractivity contribution < 1.29 is 14.0 Å². The van der Waals surface area contributed by atoms with Gasteiger partial charge in [-0.15, -0.1) is 0 Å². The van der Waals surface area contributed by atoms with Crippen LogP contribution in [0.5, 0.6) is 0 Å². The number of rotatable bonds is 4. The van der Waals surface area contributed by atoms with E-state index in [4.69, 9.17) is 0 Å². The highest BCUT2D eigenvalue weighted by Gasteiger charge is 2.27. The normalized spacial score (nSPS) is 16.2. The Kier molecular flexibility index (Phi) is 5.65. The Labute approximate surface area is 162 Å². The second kappa shape index (κ2) is 7.96. The molecule has 1 atom stereocenters. The van der Waals surface area contributed by atoms with E-state index in [2.05, 4.69) is 5.32 Å². The number of thioether (sulfide) groups is 1. The minimum atomic E-state index is -0.371. The third-order valence-electron chi connectivity index (χ3n) is 4.50. The fraction of sp³-hybridized carbons (Fsp3) is 0.238. The lowest BCUT2D eigenvalue weighted by molar-refractivity contribution is -0.114. The number of amides is 2. The first-order valence-electron chi connectivity index (χ1n) is 8.77. The van der Waals surface area contributed by atoms with E-state index in [1.54, 1.807) is 43.5 Å². The number of nitrogens with zero attached hydrogens (tertiary/aromatic N) is 1. The van der Waals surface area contributed by atoms with Crippen LogP contribution in [0.1, 0.15) is 36.2 Å². The van der Waals surface area contributed by atoms with Gasteiger partial charge in [-0.1, -0.05) is 36.9 Å². The highest BCUT2D eigenvalue weighted by Crippen LogP contribution is 2.42. The van der Waals surface area contributed by atoms with Gasteiger partial charge in [0.25, 0.3) is 11.8 Å². The molecule has 0 spiro atoms. The predicted molar refractivity (Wildman–Crippen MR) is 107 cm³/mol. The zero-order chi connectivity index (χ0) is 19.6. The summed E-state index contributed by atoms with van der Waals surface area (Å²) in [5.74, 6) is -0.759. The summed E-state index contributed by atoms with van der Waals surface area (Å²) in [5, 5.41) is 2.92. The highest BCUT2D eigenvalue weighted by molar-refractivity contribution is 8.04. The van der Waals surface area contributed by atoms with Gasteiger partial charge in [0, 0.05) is 29.1 Å². The molecule has 1 aliphatic heterocycles. The molecule has 1 N–H and O–H groups in total. The van der Waals surface area contributed by atoms with Crippen molar-refractivity contribution in [2.45, 2.75) is 31.2 Å². The molecule has 0 aromatic heterocycles. The maximum absolute atomic E-state index is 13.9. The van der Waals surface area contributed by atoms with Crippen LogP contribution in [0, 0.1) is 5.82 Å². The van der Waals surface area contributed by atoms with E-state index in [-0.39, 0.29) is 23.7 Å². The first-order chi connectivity index (χ1) is 12.9. The lowest BCUT2D eigenvalue weighted by Crippen LogP contribution is -2.33. The molecular weight excluding hydrogens is 363 g/mol. The van der Waals surface area contributed by atoms with Crippen molar-refractivity contribution in [3.63, 3.8) is 0 Å². The molecule has 27 heavy (non-hydrogen) atoms. The summed E-state index contributed by atoms with van der Waals surface area (Å²) in [5.41, 5.74) is 1.55. The number of carbonyl (C=O) groups is 2. The van der Waals surface area contributed by atoms with Crippen LogP contribution in [0.15, 0.2) is 52.3 Å². The van der Waals surface area contributed by atoms with Gasteiger partial charge in [-0.25, -0.2) is 4.39 Å². The molecule has 3 rings (SSSR count). The van der Waals surface area contributed by atoms with E-state index in [0.29, 0.717) is 21.7 Å². The van der Waals surface area contributed by atoms with Gasteiger partial charge in [-0.3, -0.25) is 9.59 Å². The third-order valence-corrected chi connectivity index (χ3v) is 5.58. The molecule has 0 aliphatic carbocycles. The van der Waals surface area contributed by atoms with Crippen LogP contribution in [0.3, 0.4) is 0 Å². The second-order valence-corrected chi connectivity index (χ2v) is 7.55. The molecule has 140 valence electrons. The van der Waals surface area contributed by atoms with Crippen molar-refractivity contribution in [2.24, 2.45) is 0 Å². The number of halogens is 1. The van der Waals surface area contributed by atoms with Crippen LogP contribution in [-0.2, 0) is 4.79 Å². The quantitative estimate of drug-likeness (QED) is 0.792. The van der Waals surface area contributed by atoms with Crippen molar-refractivity contribution >= 4 is 35.3 Å². The predicted octanol–water partition coefficient (Wildman–Crippen LogP) is 4.46. The Balaban J connectivity index is 1.91. The summed E-state index contributed by atoms with van der Waals surface area (Å²) in [6.45, 7) is 3.95. The van der Waals surface area contributed by atoms with Crippen molar-refractivity contribution in [2.75, 3.05) is 11.9 Å². The summed E-state index contributed by atoms with van der Waals surface area (Å²) in [4.78, 5) is 27.9. The van der Waals surface area contributed by atoms with Crippen molar-refractivity contribution in [1.29, 1.82) is 0 Å². The van der Waals surface area contributed by atoms with E-state index in [1.165, 1.54) is 22.7 Å². The lowest BCUT2D eigenvalue weighted by Gasteiger charge is -2.27. The van der Waals surface area contributed by atoms with Crippen molar-refractivity contribution in [3.05, 3.63) is 64.3 Å². The van der Waals surface area contributed by atoms with Crippen LogP contribution >= 0.6 is 11.8 Å². The number of likely N-dealkylation sites (N-methyl/N-ethyl adjacent to an activating group) is 1. The molecule has 2 aromatic carbocycles. The number of benzene rings is 2. The first-order valence-corrected chi connectivity index (χ1v) is 9.59. The summed E-state index contributed by atoms with van der Waals surface area (Å²) in [7, 11) is 1.66. The topological polar surface area (TPSA) is 49.4 Å². The van der Waals surface area contributed by atoms with E-state index >= 15 is 0 Å². The maximum atomic E-state index is 13.9. The van der Waals surface area contributed by atoms with E-state index in [9.17, 15) is 14.0 Å². The Morgan fingerprint density at radius 3 is 2.74 bits per heavy atom. The van der Waals surface area contributed by atoms with Gasteiger partial charge in [-0.05, 0) is 43.7 Å². The van der Waals surface area contributed by atoms with Gasteiger partial charge in [0.15, 0.2) is 0 Å². The summed E-state index contributed by atoms with van der Waals surface area (Å²) >= 11 is 1.28. The van der Waals surface area contributed by atoms with Crippen LogP contribution in [0.4, 0.5) is 10.1 Å². The van der Waals surface area contributed by atoms with Crippen molar-refractivity contribution in [3.8, 4) is 0 Å². The summed E-state index contributed by atoms with van der Waals surface area (Å²) < 4.78 is 13.9. The van der Waals surface area contributed by atoms with Gasteiger partial charge in [-0.2, -0.15) is 0 Å². The molecule has 0 saturated carbocycles. The van der Waals surface area contributed by atoms with E-state index in [0.717, 1.165) is 11.3 Å². The number of hydrogen-bond donors (Lipinski definition) is 1. The van der Waals surface area contributed by atoms with Gasteiger partial charge < -0.3 is 10.2 Å². The summed E-state index contributed by atoms with van der Waals surface area (Å²) in [6, 6.07) is 11.7. The Morgan fingerprint density at radius 2 is 2.04 bits per heavy atom. The van der Waals surface area contributed by atoms with Gasteiger partial charge in [0.2, 0.25) is 0 Å². The summed E-state index contributed by atoms with van der Waals surface area (Å²) in [6.07, 6.45) is 2.40. The first kappa shape index (κ1) is 19.2. The van der Waals surface area contributed by atoms with Gasteiger partial charge in [0.05, 0.1) is 10.6 Å². The number of nitrogens with one attached hydrogen (secondary N) is 1. The molecule has 2 aromatic rings. The van der Waals surface area contributed by atoms with Gasteiger partial charge in [0.1, 0.15) is 5.82 Å². The molecule has 4 nitrogen and oxygen atoms in total. The van der Waals surface area contributed by atoms with Crippen LogP contribution in [0.2, 0.25) is 0 Å². The van der Waals surface area contributed by atoms with Crippen LogP contribution < -0.4 is 10.2 Å². The molecule has 0 bridgehead atoms. The largest absolute Gasteiger partial charge is 0.350 e. The zero-order valence-corrected chi connectivity index (χ0v) is 16.3. The SMILES string of the molecule is CC[C@H](C)NC(=O)c1ccc2c(c1)N(C)C(=O)/C(=C/c1ccccc1F)S2. The molecule has 6 heteroatoms. The smallest absolute Gasteiger partial charge is 0.264 e. The minimum Gasteiger partial charge on any atom is -0.350 e. The standard InChI is InChI=1S/C21H21FN2O2S/c1-4-13(2)23-20(25)15-9-10-18-17(11-15)24(3)21(26)19(27-18)12-14-7-5-6-8-16(14)22/h5-13H,4H2,1-3H3,(H,23,25)/b19-12-/t13-/m0/s1. The Morgan fingerprint density at radius 1 is 1.30 bits per heavy atom. The molecule has 0 fully saturated rings. The average molecular weight is 384 g/mol. The molecule has 1 heterocycles. The van der Waals surface area contributed by atoms with Crippen LogP contribution in [-0.4, -0.2) is 24.9 Å². The van der Waals surface area contributed by atoms with E-state index < -0.39 is 0 Å². The Bertz CT molecular complexity index is 926. The molecule has 0 saturated heterocycles. The fourth-order valence-electron chi connectivity index (χ4n) is 2.68. The minimum absolute atomic E-state index is 0.0811. The fourth-order valence-corrected chi connectivity index (χ4v) is 3.76. The number of anilines is 1. The van der Waals surface area contributed by atoms with Crippen molar-refractivity contribution in [1.82, 2.24) is 5.32 Å². The lowest BCUT2D eigenvalue weighted by atomic mass is 10.1. The maximum Gasteiger partial charge on any atom is 0.264 e. The van der Waals surface area contributed by atoms with E-state index in [1.807, 2.05) is 19.9 Å². The highest BCUT2D eigenvalue weighted by atomic mass is 32.2. The molecule has 0 radical (unpaired) electrons. The monoisotopic (exact) mass is 384 g/mol. The molecular formula is C21H21FN2O2S. The molecule has 1 aliphatic rings. The number of hydrogen-bond acceptors (Lipinski definition) is 3.